The average molecular weight is 441 g/mol. The summed E-state index contributed by atoms with van der Waals surface area (Å²) in [6, 6.07) is 40.9. The molecule has 34 heavy (non-hydrogen) atoms. The van der Waals surface area contributed by atoms with Crippen LogP contribution in [0.3, 0.4) is 0 Å². The number of hydrogen-bond donors (Lipinski definition) is 1. The first-order chi connectivity index (χ1) is 16.8. The van der Waals surface area contributed by atoms with Crippen molar-refractivity contribution in [1.82, 2.24) is 10.2 Å². The fourth-order valence-corrected chi connectivity index (χ4v) is 3.97. The van der Waals surface area contributed by atoms with Crippen molar-refractivity contribution in [1.29, 1.82) is 0 Å². The molecule has 4 heteroatoms. The first-order valence-corrected chi connectivity index (χ1v) is 11.2. The number of hydrazone groups is 1. The molecule has 0 aliphatic rings. The summed E-state index contributed by atoms with van der Waals surface area (Å²) >= 11 is 0. The van der Waals surface area contributed by atoms with Crippen LogP contribution in [-0.4, -0.2) is 15.9 Å². The van der Waals surface area contributed by atoms with Crippen molar-refractivity contribution in [3.8, 4) is 33.5 Å². The topological polar surface area (TPSA) is 50.2 Å². The predicted octanol–water partition coefficient (Wildman–Crippen LogP) is 7.31. The van der Waals surface area contributed by atoms with E-state index in [4.69, 9.17) is 0 Å². The van der Waals surface area contributed by atoms with Crippen LogP contribution in [0.1, 0.15) is 12.5 Å². The largest absolute Gasteiger partial charge is 0.259 e. The minimum Gasteiger partial charge on any atom is -0.259 e. The first-order valence-electron chi connectivity index (χ1n) is 11.2. The van der Waals surface area contributed by atoms with Crippen molar-refractivity contribution in [2.75, 3.05) is 5.43 Å². The second-order valence-electron chi connectivity index (χ2n) is 7.92. The maximum absolute atomic E-state index is 4.68. The van der Waals surface area contributed by atoms with E-state index in [2.05, 4.69) is 57.1 Å². The van der Waals surface area contributed by atoms with Gasteiger partial charge in [0.2, 0.25) is 0 Å². The number of aromatic nitrogens is 2. The summed E-state index contributed by atoms with van der Waals surface area (Å²) in [4.78, 5) is 0. The van der Waals surface area contributed by atoms with Gasteiger partial charge in [-0.2, -0.15) is 5.10 Å². The van der Waals surface area contributed by atoms with Crippen LogP contribution in [0.4, 0.5) is 5.82 Å². The zero-order valence-electron chi connectivity index (χ0n) is 18.9. The first kappa shape index (κ1) is 21.3. The van der Waals surface area contributed by atoms with Crippen molar-refractivity contribution in [2.24, 2.45) is 5.10 Å². The smallest absolute Gasteiger partial charge is 0.177 e. The van der Waals surface area contributed by atoms with Crippen molar-refractivity contribution < 1.29 is 0 Å². The molecule has 0 aliphatic heterocycles. The molecule has 5 aromatic rings. The van der Waals surface area contributed by atoms with Gasteiger partial charge >= 0.3 is 0 Å². The maximum Gasteiger partial charge on any atom is 0.177 e. The molecular weight excluding hydrogens is 416 g/mol. The molecule has 0 atom stereocenters. The van der Waals surface area contributed by atoms with Gasteiger partial charge in [0.15, 0.2) is 5.82 Å². The molecule has 0 unspecified atom stereocenters. The zero-order chi connectivity index (χ0) is 23.2. The molecule has 1 aromatic heterocycles. The Bertz CT molecular complexity index is 1400. The molecule has 0 radical (unpaired) electrons. The Morgan fingerprint density at radius 2 is 1.03 bits per heavy atom. The molecule has 5 rings (SSSR count). The summed E-state index contributed by atoms with van der Waals surface area (Å²) < 4.78 is 0. The lowest BCUT2D eigenvalue weighted by atomic mass is 9.91. The summed E-state index contributed by atoms with van der Waals surface area (Å²) in [6.07, 6.45) is 0. The zero-order valence-corrected chi connectivity index (χ0v) is 18.9. The van der Waals surface area contributed by atoms with Crippen molar-refractivity contribution in [2.45, 2.75) is 6.92 Å². The molecule has 0 amide bonds. The number of rotatable bonds is 6. The van der Waals surface area contributed by atoms with E-state index in [0.29, 0.717) is 5.82 Å². The highest BCUT2D eigenvalue weighted by Crippen LogP contribution is 2.41. The summed E-state index contributed by atoms with van der Waals surface area (Å²) in [6.45, 7) is 1.98. The SMILES string of the molecule is CC(=NNc1nnc(-c2ccccc2)c(-c2ccccc2)c1-c1ccccc1)c1ccccc1. The van der Waals surface area contributed by atoms with Gasteiger partial charge in [-0.3, -0.25) is 5.43 Å². The Hall–Kier alpha value is -4.57. The Balaban J connectivity index is 1.73. The average Bonchev–Trinajstić information content (AvgIpc) is 2.93. The minimum absolute atomic E-state index is 0.611. The lowest BCUT2D eigenvalue weighted by molar-refractivity contribution is 1.03. The lowest BCUT2D eigenvalue weighted by Crippen LogP contribution is -2.05. The standard InChI is InChI=1S/C30H24N4/c1-22(23-14-6-2-7-15-23)31-33-30-28(25-18-10-4-11-19-25)27(24-16-8-3-9-17-24)29(32-34-30)26-20-12-5-13-21-26/h2-21H,1H3,(H,33,34). The van der Waals surface area contributed by atoms with Crippen molar-refractivity contribution in [3.05, 3.63) is 127 Å². The third-order valence-corrected chi connectivity index (χ3v) is 5.67. The van der Waals surface area contributed by atoms with Crippen LogP contribution in [0.15, 0.2) is 126 Å². The van der Waals surface area contributed by atoms with Crippen LogP contribution in [-0.2, 0) is 0 Å². The van der Waals surface area contributed by atoms with Gasteiger partial charge < -0.3 is 0 Å². The predicted molar refractivity (Wildman–Crippen MR) is 141 cm³/mol. The Kier molecular flexibility index (Phi) is 6.21. The number of benzene rings is 4. The highest BCUT2D eigenvalue weighted by Gasteiger charge is 2.20. The van der Waals surface area contributed by atoms with Crippen LogP contribution in [0, 0.1) is 0 Å². The normalized spacial score (nSPS) is 11.3. The highest BCUT2D eigenvalue weighted by atomic mass is 15.3. The summed E-state index contributed by atoms with van der Waals surface area (Å²) in [7, 11) is 0. The molecule has 4 aromatic carbocycles. The second-order valence-corrected chi connectivity index (χ2v) is 7.92. The number of anilines is 1. The summed E-state index contributed by atoms with van der Waals surface area (Å²) in [5.41, 5.74) is 11.1. The lowest BCUT2D eigenvalue weighted by Gasteiger charge is -2.18. The van der Waals surface area contributed by atoms with E-state index >= 15 is 0 Å². The Labute approximate surface area is 199 Å². The molecule has 0 spiro atoms. The van der Waals surface area contributed by atoms with Gasteiger partial charge in [0.25, 0.3) is 0 Å². The van der Waals surface area contributed by atoms with Crippen LogP contribution in [0.25, 0.3) is 33.5 Å². The van der Waals surface area contributed by atoms with Gasteiger partial charge in [0.05, 0.1) is 5.71 Å². The van der Waals surface area contributed by atoms with Gasteiger partial charge in [0.1, 0.15) is 5.69 Å². The molecule has 4 nitrogen and oxygen atoms in total. The molecule has 0 saturated heterocycles. The van der Waals surface area contributed by atoms with Gasteiger partial charge in [-0.1, -0.05) is 121 Å². The van der Waals surface area contributed by atoms with Gasteiger partial charge in [-0.05, 0) is 23.6 Å². The third-order valence-electron chi connectivity index (χ3n) is 5.67. The maximum atomic E-state index is 4.68. The Morgan fingerprint density at radius 3 is 1.59 bits per heavy atom. The molecule has 0 bridgehead atoms. The number of hydrogen-bond acceptors (Lipinski definition) is 4. The third kappa shape index (κ3) is 4.48. The quantitative estimate of drug-likeness (QED) is 0.222. The van der Waals surface area contributed by atoms with E-state index in [-0.39, 0.29) is 0 Å². The summed E-state index contributed by atoms with van der Waals surface area (Å²) in [5.74, 6) is 0.611. The minimum atomic E-state index is 0.611. The molecule has 164 valence electrons. The van der Waals surface area contributed by atoms with Gasteiger partial charge in [0, 0.05) is 16.7 Å². The van der Waals surface area contributed by atoms with E-state index < -0.39 is 0 Å². The fourth-order valence-electron chi connectivity index (χ4n) is 3.97. The van der Waals surface area contributed by atoms with E-state index in [9.17, 15) is 0 Å². The summed E-state index contributed by atoms with van der Waals surface area (Å²) in [5, 5.41) is 13.9. The number of nitrogens with one attached hydrogen (secondary N) is 1. The molecule has 1 N–H and O–H groups in total. The highest BCUT2D eigenvalue weighted by molar-refractivity contribution is 6.00. The van der Waals surface area contributed by atoms with Crippen LogP contribution >= 0.6 is 0 Å². The second kappa shape index (κ2) is 9.92. The van der Waals surface area contributed by atoms with E-state index in [1.165, 1.54) is 0 Å². The molecule has 1 heterocycles. The van der Waals surface area contributed by atoms with E-state index in [1.807, 2.05) is 91.9 Å². The molecular formula is C30H24N4. The van der Waals surface area contributed by atoms with E-state index in [1.54, 1.807) is 0 Å². The van der Waals surface area contributed by atoms with Gasteiger partial charge in [-0.15, -0.1) is 10.2 Å². The van der Waals surface area contributed by atoms with Crippen molar-refractivity contribution in [3.63, 3.8) is 0 Å². The molecule has 0 fully saturated rings. The monoisotopic (exact) mass is 440 g/mol. The van der Waals surface area contributed by atoms with Crippen molar-refractivity contribution >= 4 is 11.5 Å². The molecule has 0 saturated carbocycles. The fraction of sp³-hybridized carbons (Fsp3) is 0.0333. The van der Waals surface area contributed by atoms with Crippen LogP contribution in [0.2, 0.25) is 0 Å². The van der Waals surface area contributed by atoms with Gasteiger partial charge in [-0.25, -0.2) is 0 Å². The van der Waals surface area contributed by atoms with Crippen LogP contribution in [0.5, 0.6) is 0 Å². The van der Waals surface area contributed by atoms with E-state index in [0.717, 1.165) is 44.8 Å². The Morgan fingerprint density at radius 1 is 0.559 bits per heavy atom. The number of nitrogens with zero attached hydrogens (tertiary/aromatic N) is 3. The van der Waals surface area contributed by atoms with Crippen LogP contribution < -0.4 is 5.43 Å². The molecule has 0 aliphatic carbocycles.